The summed E-state index contributed by atoms with van der Waals surface area (Å²) >= 11 is 0. The molecule has 0 aliphatic carbocycles. The number of halogens is 1. The highest BCUT2D eigenvalue weighted by atomic mass is 19.1. The number of esters is 1. The lowest BCUT2D eigenvalue weighted by atomic mass is 10.1. The number of nitrogens with zero attached hydrogens (tertiary/aromatic N) is 3. The molecule has 168 valence electrons. The van der Waals surface area contributed by atoms with Gasteiger partial charge in [0.1, 0.15) is 5.82 Å². The van der Waals surface area contributed by atoms with Crippen LogP contribution in [0.15, 0.2) is 78.9 Å². The topological polar surface area (TPSA) is 97.0 Å². The second-order valence-corrected chi connectivity index (χ2v) is 7.25. The van der Waals surface area contributed by atoms with E-state index < -0.39 is 11.8 Å². The van der Waals surface area contributed by atoms with Crippen LogP contribution < -0.4 is 5.32 Å². The van der Waals surface area contributed by atoms with Gasteiger partial charge in [0.25, 0.3) is 5.91 Å². The van der Waals surface area contributed by atoms with Crippen molar-refractivity contribution in [3.8, 4) is 23.0 Å². The molecule has 4 rings (SSSR count). The van der Waals surface area contributed by atoms with E-state index in [1.165, 1.54) is 22.9 Å². The predicted octanol–water partition coefficient (Wildman–Crippen LogP) is 4.98. The summed E-state index contributed by atoms with van der Waals surface area (Å²) in [6.07, 6.45) is 0. The fourth-order valence-electron chi connectivity index (χ4n) is 3.36. The van der Waals surface area contributed by atoms with Gasteiger partial charge in [0.2, 0.25) is 0 Å². The van der Waals surface area contributed by atoms with Gasteiger partial charge in [-0.05, 0) is 67.6 Å². The van der Waals surface area contributed by atoms with Crippen LogP contribution in [0.3, 0.4) is 0 Å². The summed E-state index contributed by atoms with van der Waals surface area (Å²) in [5.41, 5.74) is 3.11. The highest BCUT2D eigenvalue weighted by Gasteiger charge is 2.18. The molecule has 8 heteroatoms. The summed E-state index contributed by atoms with van der Waals surface area (Å²) in [7, 11) is 0. The van der Waals surface area contributed by atoms with Crippen LogP contribution in [0.4, 0.5) is 10.1 Å². The maximum Gasteiger partial charge on any atom is 0.358 e. The van der Waals surface area contributed by atoms with Gasteiger partial charge in [-0.1, -0.05) is 18.2 Å². The third-order valence-electron chi connectivity index (χ3n) is 4.94. The quantitative estimate of drug-likeness (QED) is 0.415. The van der Waals surface area contributed by atoms with Crippen LogP contribution in [-0.4, -0.2) is 28.3 Å². The van der Waals surface area contributed by atoms with Gasteiger partial charge < -0.3 is 10.1 Å². The normalized spacial score (nSPS) is 10.4. The third-order valence-corrected chi connectivity index (χ3v) is 4.94. The Morgan fingerprint density at radius 2 is 1.82 bits per heavy atom. The molecule has 0 bridgehead atoms. The number of rotatable bonds is 6. The van der Waals surface area contributed by atoms with Gasteiger partial charge in [0.15, 0.2) is 5.69 Å². The van der Waals surface area contributed by atoms with E-state index in [-0.39, 0.29) is 18.2 Å². The SMILES string of the molecule is CCOC(=O)c1cc(-c2cccc(NC(=O)c3cccc(C#N)c3)c2)n(-c2ccc(F)cc2)n1. The smallest absolute Gasteiger partial charge is 0.358 e. The monoisotopic (exact) mass is 454 g/mol. The molecule has 0 unspecified atom stereocenters. The second-order valence-electron chi connectivity index (χ2n) is 7.25. The summed E-state index contributed by atoms with van der Waals surface area (Å²) in [6.45, 7) is 1.90. The lowest BCUT2D eigenvalue weighted by Crippen LogP contribution is -2.12. The van der Waals surface area contributed by atoms with Gasteiger partial charge in [-0.15, -0.1) is 0 Å². The van der Waals surface area contributed by atoms with Crippen molar-refractivity contribution < 1.29 is 18.7 Å². The minimum absolute atomic E-state index is 0.101. The maximum absolute atomic E-state index is 13.5. The molecule has 1 N–H and O–H groups in total. The van der Waals surface area contributed by atoms with Gasteiger partial charge >= 0.3 is 5.97 Å². The van der Waals surface area contributed by atoms with Crippen LogP contribution in [-0.2, 0) is 4.74 Å². The number of amides is 1. The minimum atomic E-state index is -0.577. The van der Waals surface area contributed by atoms with E-state index in [0.717, 1.165) is 0 Å². The Balaban J connectivity index is 1.70. The van der Waals surface area contributed by atoms with Gasteiger partial charge in [-0.2, -0.15) is 10.4 Å². The molecule has 34 heavy (non-hydrogen) atoms. The zero-order valence-electron chi connectivity index (χ0n) is 18.2. The molecule has 3 aromatic carbocycles. The highest BCUT2D eigenvalue weighted by molar-refractivity contribution is 6.04. The first kappa shape index (κ1) is 22.4. The van der Waals surface area contributed by atoms with Crippen LogP contribution >= 0.6 is 0 Å². The third kappa shape index (κ3) is 4.84. The van der Waals surface area contributed by atoms with E-state index in [1.54, 1.807) is 67.6 Å². The summed E-state index contributed by atoms with van der Waals surface area (Å²) in [5, 5.41) is 16.2. The lowest BCUT2D eigenvalue weighted by Gasteiger charge is -2.10. The average molecular weight is 454 g/mol. The summed E-state index contributed by atoms with van der Waals surface area (Å²) in [5.74, 6) is -1.34. The standard InChI is InChI=1S/C26H19FN4O3/c1-2-34-26(33)23-15-24(31(30-23)22-11-9-20(27)10-12-22)18-6-4-8-21(14-18)29-25(32)19-7-3-5-17(13-19)16-28/h3-15H,2H2,1H3,(H,29,32). The van der Waals surface area contributed by atoms with E-state index in [4.69, 9.17) is 10.00 Å². The van der Waals surface area contributed by atoms with Crippen molar-refractivity contribution >= 4 is 17.6 Å². The van der Waals surface area contributed by atoms with Crippen LogP contribution in [0, 0.1) is 17.1 Å². The van der Waals surface area contributed by atoms with Gasteiger partial charge in [-0.25, -0.2) is 13.9 Å². The lowest BCUT2D eigenvalue weighted by molar-refractivity contribution is 0.0519. The Labute approximate surface area is 195 Å². The van der Waals surface area contributed by atoms with Crippen molar-refractivity contribution in [3.63, 3.8) is 0 Å². The van der Waals surface area contributed by atoms with Crippen LogP contribution in [0.1, 0.15) is 33.3 Å². The Morgan fingerprint density at radius 1 is 1.06 bits per heavy atom. The fraction of sp³-hybridized carbons (Fsp3) is 0.0769. The van der Waals surface area contributed by atoms with E-state index in [0.29, 0.717) is 33.8 Å². The average Bonchev–Trinajstić information content (AvgIpc) is 3.30. The molecule has 0 atom stereocenters. The molecule has 0 aliphatic rings. The maximum atomic E-state index is 13.5. The Morgan fingerprint density at radius 3 is 2.56 bits per heavy atom. The van der Waals surface area contributed by atoms with Crippen LogP contribution in [0.25, 0.3) is 16.9 Å². The number of anilines is 1. The van der Waals surface area contributed by atoms with E-state index in [9.17, 15) is 14.0 Å². The number of nitrogens with one attached hydrogen (secondary N) is 1. The zero-order valence-corrected chi connectivity index (χ0v) is 18.2. The molecule has 0 fully saturated rings. The van der Waals surface area contributed by atoms with Crippen molar-refractivity contribution in [1.29, 1.82) is 5.26 Å². The predicted molar refractivity (Wildman–Crippen MR) is 124 cm³/mol. The van der Waals surface area contributed by atoms with E-state index in [2.05, 4.69) is 10.4 Å². The Kier molecular flexibility index (Phi) is 6.46. The van der Waals surface area contributed by atoms with Crippen molar-refractivity contribution in [3.05, 3.63) is 102 Å². The van der Waals surface area contributed by atoms with Crippen molar-refractivity contribution in [2.45, 2.75) is 6.92 Å². The van der Waals surface area contributed by atoms with Crippen molar-refractivity contribution in [2.75, 3.05) is 11.9 Å². The number of carbonyl (C=O) groups excluding carboxylic acids is 2. The summed E-state index contributed by atoms with van der Waals surface area (Å²) in [6, 6.07) is 22.7. The molecule has 1 heterocycles. The van der Waals surface area contributed by atoms with E-state index >= 15 is 0 Å². The number of hydrogen-bond donors (Lipinski definition) is 1. The second kappa shape index (κ2) is 9.79. The molecule has 0 aliphatic heterocycles. The van der Waals surface area contributed by atoms with Gasteiger partial charge in [-0.3, -0.25) is 4.79 Å². The summed E-state index contributed by atoms with van der Waals surface area (Å²) < 4.78 is 20.1. The number of ether oxygens (including phenoxy) is 1. The first-order valence-electron chi connectivity index (χ1n) is 10.4. The zero-order chi connectivity index (χ0) is 24.1. The largest absolute Gasteiger partial charge is 0.461 e. The number of nitriles is 1. The molecular formula is C26H19FN4O3. The van der Waals surface area contributed by atoms with Crippen LogP contribution in [0.2, 0.25) is 0 Å². The number of benzene rings is 3. The fourth-order valence-corrected chi connectivity index (χ4v) is 3.36. The van der Waals surface area contributed by atoms with Crippen molar-refractivity contribution in [1.82, 2.24) is 9.78 Å². The number of aromatic nitrogens is 2. The molecule has 4 aromatic rings. The minimum Gasteiger partial charge on any atom is -0.461 e. The first-order chi connectivity index (χ1) is 16.5. The number of hydrogen-bond acceptors (Lipinski definition) is 5. The molecule has 0 radical (unpaired) electrons. The summed E-state index contributed by atoms with van der Waals surface area (Å²) in [4.78, 5) is 25.0. The van der Waals surface area contributed by atoms with Crippen LogP contribution in [0.5, 0.6) is 0 Å². The van der Waals surface area contributed by atoms with Crippen molar-refractivity contribution in [2.24, 2.45) is 0 Å². The molecule has 0 saturated heterocycles. The molecule has 1 aromatic heterocycles. The molecular weight excluding hydrogens is 435 g/mol. The van der Waals surface area contributed by atoms with Gasteiger partial charge in [0.05, 0.1) is 29.6 Å². The molecule has 0 saturated carbocycles. The number of carbonyl (C=O) groups is 2. The first-order valence-corrected chi connectivity index (χ1v) is 10.4. The Hall–Kier alpha value is -4.77. The molecule has 1 amide bonds. The van der Waals surface area contributed by atoms with E-state index in [1.807, 2.05) is 6.07 Å². The molecule has 7 nitrogen and oxygen atoms in total. The Bertz CT molecular complexity index is 1400. The molecule has 0 spiro atoms. The highest BCUT2D eigenvalue weighted by Crippen LogP contribution is 2.27. The van der Waals surface area contributed by atoms with Gasteiger partial charge in [0, 0.05) is 16.8 Å².